The maximum Gasteiger partial charge on any atom is 0.262 e. The second-order valence-electron chi connectivity index (χ2n) is 7.27. The van der Waals surface area contributed by atoms with Gasteiger partial charge in [-0.25, -0.2) is 4.98 Å². The van der Waals surface area contributed by atoms with Crippen molar-refractivity contribution >= 4 is 34.3 Å². The maximum atomic E-state index is 12.2. The topological polar surface area (TPSA) is 64.4 Å². The highest BCUT2D eigenvalue weighted by atomic mass is 35.5. The van der Waals surface area contributed by atoms with Crippen LogP contribution in [0.15, 0.2) is 59.0 Å². The zero-order valence-electron chi connectivity index (χ0n) is 17.0. The third-order valence-electron chi connectivity index (χ3n) is 4.74. The molecule has 0 saturated carbocycles. The number of ether oxygens (including phenoxy) is 1. The average Bonchev–Trinajstić information content (AvgIpc) is 3.14. The molecule has 0 atom stereocenters. The van der Waals surface area contributed by atoms with Gasteiger partial charge in [0.2, 0.25) is 5.89 Å². The van der Waals surface area contributed by atoms with Gasteiger partial charge in [0.1, 0.15) is 11.3 Å². The number of nitrogens with zero attached hydrogens (tertiary/aromatic N) is 1. The van der Waals surface area contributed by atoms with E-state index in [1.807, 2.05) is 51.1 Å². The molecule has 4 aromatic rings. The number of fused-ring (bicyclic) bond motifs is 1. The number of aryl methyl sites for hydroxylation is 3. The van der Waals surface area contributed by atoms with E-state index in [2.05, 4.69) is 16.4 Å². The summed E-state index contributed by atoms with van der Waals surface area (Å²) < 4.78 is 11.5. The van der Waals surface area contributed by atoms with Gasteiger partial charge in [0.15, 0.2) is 12.2 Å². The number of hydrogen-bond acceptors (Lipinski definition) is 4. The SMILES string of the molecule is Cc1cc(C)c2oc(-c3ccc(NC(=O)COc4ccc(Cl)c(C)c4)cc3)nc2c1. The van der Waals surface area contributed by atoms with Crippen LogP contribution in [0.25, 0.3) is 22.6 Å². The first-order valence-corrected chi connectivity index (χ1v) is 9.94. The zero-order chi connectivity index (χ0) is 21.3. The van der Waals surface area contributed by atoms with Gasteiger partial charge in [0.05, 0.1) is 0 Å². The molecule has 0 aliphatic carbocycles. The minimum Gasteiger partial charge on any atom is -0.484 e. The number of carbonyl (C=O) groups excluding carboxylic acids is 1. The first kappa shape index (κ1) is 20.0. The van der Waals surface area contributed by atoms with Crippen LogP contribution in [-0.2, 0) is 4.79 Å². The molecule has 1 N–H and O–H groups in total. The molecule has 0 aliphatic heterocycles. The summed E-state index contributed by atoms with van der Waals surface area (Å²) >= 11 is 6.00. The molecule has 0 radical (unpaired) electrons. The maximum absolute atomic E-state index is 12.2. The number of oxazole rings is 1. The van der Waals surface area contributed by atoms with Crippen LogP contribution in [0.4, 0.5) is 5.69 Å². The molecule has 1 heterocycles. The van der Waals surface area contributed by atoms with Gasteiger partial charge < -0.3 is 14.5 Å². The number of rotatable bonds is 5. The minimum atomic E-state index is -0.247. The summed E-state index contributed by atoms with van der Waals surface area (Å²) in [5, 5.41) is 3.48. The van der Waals surface area contributed by atoms with Gasteiger partial charge in [-0.2, -0.15) is 0 Å². The van der Waals surface area contributed by atoms with Gasteiger partial charge in [-0.3, -0.25) is 4.79 Å². The molecule has 1 aromatic heterocycles. The van der Waals surface area contributed by atoms with Crippen LogP contribution in [0.1, 0.15) is 16.7 Å². The third kappa shape index (κ3) is 4.31. The van der Waals surface area contributed by atoms with Crippen molar-refractivity contribution in [3.63, 3.8) is 0 Å². The molecule has 6 heteroatoms. The van der Waals surface area contributed by atoms with Gasteiger partial charge >= 0.3 is 0 Å². The Balaban J connectivity index is 1.41. The lowest BCUT2D eigenvalue weighted by molar-refractivity contribution is -0.118. The van der Waals surface area contributed by atoms with Crippen LogP contribution in [0.5, 0.6) is 5.75 Å². The molecule has 5 nitrogen and oxygen atoms in total. The highest BCUT2D eigenvalue weighted by molar-refractivity contribution is 6.31. The van der Waals surface area contributed by atoms with Gasteiger partial charge in [-0.15, -0.1) is 0 Å². The molecule has 0 bridgehead atoms. The molecule has 0 aliphatic rings. The Hall–Kier alpha value is -3.31. The summed E-state index contributed by atoms with van der Waals surface area (Å²) in [6, 6.07) is 16.7. The van der Waals surface area contributed by atoms with E-state index in [1.54, 1.807) is 18.2 Å². The summed E-state index contributed by atoms with van der Waals surface area (Å²) in [5.74, 6) is 0.908. The molecule has 3 aromatic carbocycles. The molecule has 0 spiro atoms. The Bertz CT molecular complexity index is 1230. The summed E-state index contributed by atoms with van der Waals surface area (Å²) in [7, 11) is 0. The lowest BCUT2D eigenvalue weighted by Crippen LogP contribution is -2.20. The van der Waals surface area contributed by atoms with Crippen LogP contribution in [-0.4, -0.2) is 17.5 Å². The number of amides is 1. The lowest BCUT2D eigenvalue weighted by Gasteiger charge is -2.09. The fraction of sp³-hybridized carbons (Fsp3) is 0.167. The van der Waals surface area contributed by atoms with Gasteiger partial charge in [-0.1, -0.05) is 17.7 Å². The van der Waals surface area contributed by atoms with Crippen molar-refractivity contribution in [2.45, 2.75) is 20.8 Å². The average molecular weight is 421 g/mol. The second-order valence-corrected chi connectivity index (χ2v) is 7.68. The number of carbonyl (C=O) groups is 1. The van der Waals surface area contributed by atoms with Crippen LogP contribution >= 0.6 is 11.6 Å². The molecule has 30 heavy (non-hydrogen) atoms. The Morgan fingerprint density at radius 3 is 2.53 bits per heavy atom. The highest BCUT2D eigenvalue weighted by Crippen LogP contribution is 2.28. The summed E-state index contributed by atoms with van der Waals surface area (Å²) in [5.41, 5.74) is 6.25. The third-order valence-corrected chi connectivity index (χ3v) is 5.16. The minimum absolute atomic E-state index is 0.0907. The molecular weight excluding hydrogens is 400 g/mol. The largest absolute Gasteiger partial charge is 0.484 e. The Morgan fingerprint density at radius 2 is 1.80 bits per heavy atom. The van der Waals surface area contributed by atoms with E-state index < -0.39 is 0 Å². The van der Waals surface area contributed by atoms with Crippen molar-refractivity contribution in [2.75, 3.05) is 11.9 Å². The predicted octanol–water partition coefficient (Wildman–Crippen LogP) is 6.09. The number of benzene rings is 3. The fourth-order valence-corrected chi connectivity index (χ4v) is 3.37. The first-order chi connectivity index (χ1) is 14.4. The quantitative estimate of drug-likeness (QED) is 0.424. The van der Waals surface area contributed by atoms with Crippen LogP contribution < -0.4 is 10.1 Å². The van der Waals surface area contributed by atoms with E-state index >= 15 is 0 Å². The molecule has 152 valence electrons. The number of anilines is 1. The van der Waals surface area contributed by atoms with Crippen molar-refractivity contribution in [3.8, 4) is 17.2 Å². The predicted molar refractivity (Wildman–Crippen MR) is 119 cm³/mol. The zero-order valence-corrected chi connectivity index (χ0v) is 17.7. The Morgan fingerprint density at radius 1 is 1.03 bits per heavy atom. The summed E-state index contributed by atoms with van der Waals surface area (Å²) in [6.45, 7) is 5.84. The number of hydrogen-bond donors (Lipinski definition) is 1. The van der Waals surface area contributed by atoms with Crippen LogP contribution in [0.3, 0.4) is 0 Å². The summed E-state index contributed by atoms with van der Waals surface area (Å²) in [4.78, 5) is 16.8. The van der Waals surface area contributed by atoms with Gasteiger partial charge in [0, 0.05) is 16.3 Å². The van der Waals surface area contributed by atoms with E-state index in [0.29, 0.717) is 22.4 Å². The van der Waals surface area contributed by atoms with Crippen molar-refractivity contribution < 1.29 is 13.9 Å². The first-order valence-electron chi connectivity index (χ1n) is 9.56. The van der Waals surface area contributed by atoms with E-state index in [9.17, 15) is 4.79 Å². The molecule has 0 saturated heterocycles. The fourth-order valence-electron chi connectivity index (χ4n) is 3.25. The smallest absolute Gasteiger partial charge is 0.262 e. The van der Waals surface area contributed by atoms with Crippen LogP contribution in [0, 0.1) is 20.8 Å². The molecular formula is C24H21ClN2O3. The van der Waals surface area contributed by atoms with E-state index in [4.69, 9.17) is 20.8 Å². The van der Waals surface area contributed by atoms with Crippen molar-refractivity contribution in [1.29, 1.82) is 0 Å². The lowest BCUT2D eigenvalue weighted by atomic mass is 10.1. The number of nitrogens with one attached hydrogen (secondary N) is 1. The Kier molecular flexibility index (Phi) is 5.46. The van der Waals surface area contributed by atoms with Crippen molar-refractivity contribution in [3.05, 3.63) is 76.3 Å². The van der Waals surface area contributed by atoms with Crippen LogP contribution in [0.2, 0.25) is 5.02 Å². The van der Waals surface area contributed by atoms with Crippen molar-refractivity contribution in [1.82, 2.24) is 4.98 Å². The normalized spacial score (nSPS) is 10.9. The van der Waals surface area contributed by atoms with Crippen molar-refractivity contribution in [2.24, 2.45) is 0 Å². The number of aromatic nitrogens is 1. The molecule has 0 unspecified atom stereocenters. The highest BCUT2D eigenvalue weighted by Gasteiger charge is 2.11. The van der Waals surface area contributed by atoms with Gasteiger partial charge in [-0.05, 0) is 86.0 Å². The monoisotopic (exact) mass is 420 g/mol. The standard InChI is InChI=1S/C24H21ClN2O3/c1-14-10-16(3)23-21(11-14)27-24(30-23)17-4-6-18(7-5-17)26-22(28)13-29-19-8-9-20(25)15(2)12-19/h4-12H,13H2,1-3H3,(H,26,28). The van der Waals surface area contributed by atoms with E-state index in [-0.39, 0.29) is 12.5 Å². The summed E-state index contributed by atoms with van der Waals surface area (Å²) in [6.07, 6.45) is 0. The Labute approximate surface area is 179 Å². The van der Waals surface area contributed by atoms with E-state index in [1.165, 1.54) is 0 Å². The second kappa shape index (κ2) is 8.20. The molecule has 0 fully saturated rings. The number of halogens is 1. The van der Waals surface area contributed by atoms with Gasteiger partial charge in [0.25, 0.3) is 5.91 Å². The molecule has 4 rings (SSSR count). The van der Waals surface area contributed by atoms with E-state index in [0.717, 1.165) is 33.4 Å². The molecule has 1 amide bonds.